The molecule has 0 radical (unpaired) electrons. The van der Waals surface area contributed by atoms with Gasteiger partial charge in [0.2, 0.25) is 0 Å². The molecule has 10 aromatic rings. The number of hydrogen-bond donors (Lipinski definition) is 0. The van der Waals surface area contributed by atoms with Crippen molar-refractivity contribution in [3.05, 3.63) is 206 Å². The summed E-state index contributed by atoms with van der Waals surface area (Å²) >= 11 is 0. The quantitative estimate of drug-likeness (QED) is 0.161. The SMILES string of the molecule is c1ccc(-c2ccccc2-c2c3ccccc3c(-c3cccc4ccccc34)c3cccc(-c4ccccc4-c4cccc5ccccc45)c23)cc1. The lowest BCUT2D eigenvalue weighted by Crippen LogP contribution is -1.96. The van der Waals surface area contributed by atoms with Crippen LogP contribution in [0.4, 0.5) is 0 Å². The van der Waals surface area contributed by atoms with E-state index < -0.39 is 0 Å². The predicted molar refractivity (Wildman–Crippen MR) is 224 cm³/mol. The van der Waals surface area contributed by atoms with Crippen molar-refractivity contribution in [2.75, 3.05) is 0 Å². The maximum Gasteiger partial charge on any atom is -0.00137 e. The summed E-state index contributed by atoms with van der Waals surface area (Å²) in [6.07, 6.45) is 0. The van der Waals surface area contributed by atoms with E-state index in [0.29, 0.717) is 0 Å². The molecular weight excluding hydrogens is 625 g/mol. The fourth-order valence-corrected chi connectivity index (χ4v) is 8.45. The zero-order valence-corrected chi connectivity index (χ0v) is 28.6. The molecule has 0 aliphatic heterocycles. The third kappa shape index (κ3) is 4.84. The highest BCUT2D eigenvalue weighted by Gasteiger charge is 2.23. The number of benzene rings is 10. The van der Waals surface area contributed by atoms with Crippen LogP contribution < -0.4 is 0 Å². The molecule has 0 fully saturated rings. The molecule has 0 bridgehead atoms. The smallest absolute Gasteiger partial charge is 0.00137 e. The highest BCUT2D eigenvalue weighted by Crippen LogP contribution is 2.51. The van der Waals surface area contributed by atoms with Crippen LogP contribution in [0.5, 0.6) is 0 Å². The number of fused-ring (bicyclic) bond motifs is 4. The zero-order chi connectivity index (χ0) is 34.4. The Labute approximate surface area is 303 Å². The van der Waals surface area contributed by atoms with E-state index in [4.69, 9.17) is 0 Å². The fraction of sp³-hybridized carbons (Fsp3) is 0. The van der Waals surface area contributed by atoms with E-state index in [1.807, 2.05) is 0 Å². The minimum atomic E-state index is 1.21. The molecule has 242 valence electrons. The average molecular weight is 659 g/mol. The van der Waals surface area contributed by atoms with E-state index in [9.17, 15) is 0 Å². The van der Waals surface area contributed by atoms with E-state index in [2.05, 4.69) is 206 Å². The second kappa shape index (κ2) is 12.5. The van der Waals surface area contributed by atoms with Crippen molar-refractivity contribution in [3.8, 4) is 55.6 Å². The molecule has 0 unspecified atom stereocenters. The van der Waals surface area contributed by atoms with Gasteiger partial charge in [-0.05, 0) is 98.7 Å². The van der Waals surface area contributed by atoms with Gasteiger partial charge in [0.05, 0.1) is 0 Å². The largest absolute Gasteiger partial charge is 0.0622 e. The Morgan fingerprint density at radius 3 is 1.29 bits per heavy atom. The Morgan fingerprint density at radius 2 is 0.596 bits per heavy atom. The maximum atomic E-state index is 2.34. The van der Waals surface area contributed by atoms with Gasteiger partial charge in [0, 0.05) is 0 Å². The van der Waals surface area contributed by atoms with Gasteiger partial charge in [-0.3, -0.25) is 0 Å². The monoisotopic (exact) mass is 658 g/mol. The summed E-state index contributed by atoms with van der Waals surface area (Å²) in [6.45, 7) is 0. The normalized spacial score (nSPS) is 11.5. The van der Waals surface area contributed by atoms with Crippen LogP contribution in [0.3, 0.4) is 0 Å². The Hall–Kier alpha value is -6.76. The molecule has 0 aliphatic rings. The minimum Gasteiger partial charge on any atom is -0.0622 e. The third-order valence-electron chi connectivity index (χ3n) is 10.7. The van der Waals surface area contributed by atoms with Crippen molar-refractivity contribution in [2.24, 2.45) is 0 Å². The number of hydrogen-bond acceptors (Lipinski definition) is 0. The molecular formula is C52H34. The van der Waals surface area contributed by atoms with E-state index in [0.717, 1.165) is 0 Å². The molecule has 0 spiro atoms. The molecule has 0 saturated carbocycles. The van der Waals surface area contributed by atoms with Gasteiger partial charge in [0.25, 0.3) is 0 Å². The zero-order valence-electron chi connectivity index (χ0n) is 28.6. The van der Waals surface area contributed by atoms with E-state index in [1.54, 1.807) is 0 Å². The van der Waals surface area contributed by atoms with Gasteiger partial charge in [0.15, 0.2) is 0 Å². The van der Waals surface area contributed by atoms with Crippen molar-refractivity contribution in [2.45, 2.75) is 0 Å². The van der Waals surface area contributed by atoms with Crippen molar-refractivity contribution in [1.29, 1.82) is 0 Å². The van der Waals surface area contributed by atoms with Gasteiger partial charge in [0.1, 0.15) is 0 Å². The van der Waals surface area contributed by atoms with Gasteiger partial charge in [-0.25, -0.2) is 0 Å². The second-order valence-corrected chi connectivity index (χ2v) is 13.5. The molecule has 0 heterocycles. The van der Waals surface area contributed by atoms with Crippen LogP contribution in [-0.2, 0) is 0 Å². The van der Waals surface area contributed by atoms with Crippen LogP contribution >= 0.6 is 0 Å². The van der Waals surface area contributed by atoms with Gasteiger partial charge < -0.3 is 0 Å². The molecule has 0 N–H and O–H groups in total. The van der Waals surface area contributed by atoms with Crippen molar-refractivity contribution in [3.63, 3.8) is 0 Å². The highest BCUT2D eigenvalue weighted by molar-refractivity contribution is 6.27. The highest BCUT2D eigenvalue weighted by atomic mass is 14.3. The van der Waals surface area contributed by atoms with Crippen LogP contribution in [0.25, 0.3) is 98.7 Å². The fourth-order valence-electron chi connectivity index (χ4n) is 8.45. The first-order chi connectivity index (χ1) is 25.8. The predicted octanol–water partition coefficient (Wildman–Crippen LogP) is 14.6. The Balaban J connectivity index is 1.40. The first kappa shape index (κ1) is 30.1. The third-order valence-corrected chi connectivity index (χ3v) is 10.7. The van der Waals surface area contributed by atoms with Crippen LogP contribution in [-0.4, -0.2) is 0 Å². The van der Waals surface area contributed by atoms with Gasteiger partial charge in [-0.1, -0.05) is 206 Å². The Bertz CT molecular complexity index is 2940. The number of rotatable bonds is 5. The Kier molecular flexibility index (Phi) is 7.25. The Morgan fingerprint density at radius 1 is 0.192 bits per heavy atom. The topological polar surface area (TPSA) is 0 Å². The summed E-state index contributed by atoms with van der Waals surface area (Å²) in [4.78, 5) is 0. The molecule has 10 rings (SSSR count). The second-order valence-electron chi connectivity index (χ2n) is 13.5. The minimum absolute atomic E-state index is 1.21. The van der Waals surface area contributed by atoms with Gasteiger partial charge in [-0.2, -0.15) is 0 Å². The van der Waals surface area contributed by atoms with Crippen molar-refractivity contribution >= 4 is 43.1 Å². The molecule has 10 aromatic carbocycles. The lowest BCUT2D eigenvalue weighted by atomic mass is 9.80. The first-order valence-electron chi connectivity index (χ1n) is 18.0. The van der Waals surface area contributed by atoms with E-state index >= 15 is 0 Å². The summed E-state index contributed by atoms with van der Waals surface area (Å²) in [7, 11) is 0. The maximum absolute atomic E-state index is 2.34. The summed E-state index contributed by atoms with van der Waals surface area (Å²) in [5.74, 6) is 0. The molecule has 52 heavy (non-hydrogen) atoms. The average Bonchev–Trinajstić information content (AvgIpc) is 3.22. The van der Waals surface area contributed by atoms with Gasteiger partial charge >= 0.3 is 0 Å². The summed E-state index contributed by atoms with van der Waals surface area (Å²) in [5, 5.41) is 10.0. The molecule has 0 atom stereocenters. The lowest BCUT2D eigenvalue weighted by Gasteiger charge is -2.23. The van der Waals surface area contributed by atoms with Crippen molar-refractivity contribution in [1.82, 2.24) is 0 Å². The van der Waals surface area contributed by atoms with Gasteiger partial charge in [-0.15, -0.1) is 0 Å². The van der Waals surface area contributed by atoms with Crippen LogP contribution in [0.1, 0.15) is 0 Å². The summed E-state index contributed by atoms with van der Waals surface area (Å²) in [6, 6.07) is 75.6. The van der Waals surface area contributed by atoms with E-state index in [-0.39, 0.29) is 0 Å². The summed E-state index contributed by atoms with van der Waals surface area (Å²) < 4.78 is 0. The molecule has 0 saturated heterocycles. The van der Waals surface area contributed by atoms with Crippen LogP contribution in [0.15, 0.2) is 206 Å². The van der Waals surface area contributed by atoms with Crippen LogP contribution in [0.2, 0.25) is 0 Å². The lowest BCUT2D eigenvalue weighted by molar-refractivity contribution is 1.60. The molecule has 0 aromatic heterocycles. The van der Waals surface area contributed by atoms with Crippen molar-refractivity contribution < 1.29 is 0 Å². The summed E-state index contributed by atoms with van der Waals surface area (Å²) in [5.41, 5.74) is 12.4. The standard InChI is InChI=1S/C52H34/c1-2-17-35(18-3-1)40-25-8-11-28-45(40)51-48-30-13-12-29-47(48)50(44-32-15-22-37-20-5-7-24-39(37)44)49-34-16-33-46(52(49)51)43-27-10-9-26-42(43)41-31-14-21-36-19-4-6-23-38(36)41/h1-34H. The molecule has 0 aliphatic carbocycles. The molecule has 0 amide bonds. The van der Waals surface area contributed by atoms with Crippen LogP contribution in [0, 0.1) is 0 Å². The first-order valence-corrected chi connectivity index (χ1v) is 18.0. The molecule has 0 heteroatoms. The molecule has 0 nitrogen and oxygen atoms in total. The van der Waals surface area contributed by atoms with E-state index in [1.165, 1.54) is 98.7 Å².